The standard InChI is InChI=1S/C18H22N4O/c1-11-2-3-15-19-17(21-22(15)10-11)20-16(23)18-7-12-4-13(8-18)6-14(5-12)9-18/h2-3,10,12-14H,4-9H2,1H3,(H,20,21,23). The molecule has 4 bridgehead atoms. The number of nitrogens with one attached hydrogen (secondary N) is 1. The zero-order valence-corrected chi connectivity index (χ0v) is 13.5. The third-order valence-electron chi connectivity index (χ3n) is 6.22. The number of aromatic nitrogens is 3. The first-order chi connectivity index (χ1) is 11.1. The number of hydrogen-bond donors (Lipinski definition) is 1. The molecule has 1 N–H and O–H groups in total. The molecule has 0 atom stereocenters. The average molecular weight is 310 g/mol. The Morgan fingerprint density at radius 2 is 1.83 bits per heavy atom. The Morgan fingerprint density at radius 1 is 1.17 bits per heavy atom. The quantitative estimate of drug-likeness (QED) is 0.926. The molecular weight excluding hydrogens is 288 g/mol. The van der Waals surface area contributed by atoms with Gasteiger partial charge in [-0.2, -0.15) is 4.98 Å². The molecule has 2 aromatic heterocycles. The number of carbonyl (C=O) groups is 1. The summed E-state index contributed by atoms with van der Waals surface area (Å²) in [5, 5.41) is 7.44. The predicted molar refractivity (Wildman–Crippen MR) is 87.0 cm³/mol. The van der Waals surface area contributed by atoms with Crippen LogP contribution in [0.15, 0.2) is 18.3 Å². The van der Waals surface area contributed by atoms with Crippen molar-refractivity contribution in [1.82, 2.24) is 14.6 Å². The summed E-state index contributed by atoms with van der Waals surface area (Å²) in [6.45, 7) is 2.02. The van der Waals surface area contributed by atoms with E-state index in [1.54, 1.807) is 4.52 Å². The average Bonchev–Trinajstić information content (AvgIpc) is 2.87. The molecule has 0 spiro atoms. The van der Waals surface area contributed by atoms with Crippen LogP contribution in [0.3, 0.4) is 0 Å². The number of carbonyl (C=O) groups excluding carboxylic acids is 1. The highest BCUT2D eigenvalue weighted by molar-refractivity contribution is 5.94. The van der Waals surface area contributed by atoms with Gasteiger partial charge in [0, 0.05) is 6.20 Å². The summed E-state index contributed by atoms with van der Waals surface area (Å²) < 4.78 is 1.74. The van der Waals surface area contributed by atoms with E-state index in [1.165, 1.54) is 19.3 Å². The minimum atomic E-state index is -0.151. The van der Waals surface area contributed by atoms with Crippen molar-refractivity contribution >= 4 is 17.5 Å². The summed E-state index contributed by atoms with van der Waals surface area (Å²) in [6.07, 6.45) is 9.17. The summed E-state index contributed by atoms with van der Waals surface area (Å²) in [5.74, 6) is 2.90. The van der Waals surface area contributed by atoms with E-state index in [-0.39, 0.29) is 11.3 Å². The highest BCUT2D eigenvalue weighted by atomic mass is 16.2. The minimum Gasteiger partial charge on any atom is -0.293 e. The maximum atomic E-state index is 13.0. The Labute approximate surface area is 135 Å². The molecule has 0 aromatic carbocycles. The molecule has 2 aromatic rings. The van der Waals surface area contributed by atoms with Crippen LogP contribution >= 0.6 is 0 Å². The van der Waals surface area contributed by atoms with E-state index in [0.29, 0.717) is 5.95 Å². The molecule has 23 heavy (non-hydrogen) atoms. The van der Waals surface area contributed by atoms with Gasteiger partial charge in [-0.25, -0.2) is 4.52 Å². The second-order valence-electron chi connectivity index (χ2n) is 8.10. The smallest absolute Gasteiger partial charge is 0.249 e. The normalized spacial score (nSPS) is 34.9. The van der Waals surface area contributed by atoms with Crippen molar-refractivity contribution < 1.29 is 4.79 Å². The third-order valence-corrected chi connectivity index (χ3v) is 6.22. The van der Waals surface area contributed by atoms with Gasteiger partial charge in [0.2, 0.25) is 11.9 Å². The zero-order valence-electron chi connectivity index (χ0n) is 13.5. The minimum absolute atomic E-state index is 0.151. The van der Waals surface area contributed by atoms with E-state index in [2.05, 4.69) is 15.4 Å². The van der Waals surface area contributed by atoms with E-state index < -0.39 is 0 Å². The van der Waals surface area contributed by atoms with Crippen molar-refractivity contribution in [3.8, 4) is 0 Å². The Hall–Kier alpha value is -1.91. The Kier molecular flexibility index (Phi) is 2.68. The molecule has 0 saturated heterocycles. The van der Waals surface area contributed by atoms with Crippen molar-refractivity contribution in [3.63, 3.8) is 0 Å². The summed E-state index contributed by atoms with van der Waals surface area (Å²) >= 11 is 0. The molecule has 4 saturated carbocycles. The van der Waals surface area contributed by atoms with Crippen LogP contribution in [0, 0.1) is 30.1 Å². The fourth-order valence-electron chi connectivity index (χ4n) is 5.66. The molecule has 4 aliphatic rings. The molecule has 4 fully saturated rings. The first-order valence-electron chi connectivity index (χ1n) is 8.74. The summed E-state index contributed by atoms with van der Waals surface area (Å²) in [6, 6.07) is 3.94. The number of anilines is 1. The van der Waals surface area contributed by atoms with Crippen LogP contribution in [-0.2, 0) is 4.79 Å². The first kappa shape index (κ1) is 13.5. The molecule has 5 nitrogen and oxygen atoms in total. The Morgan fingerprint density at radius 3 is 2.48 bits per heavy atom. The maximum absolute atomic E-state index is 13.0. The molecule has 0 aliphatic heterocycles. The molecule has 5 heteroatoms. The van der Waals surface area contributed by atoms with Gasteiger partial charge in [-0.05, 0) is 74.8 Å². The lowest BCUT2D eigenvalue weighted by Gasteiger charge is -2.55. The monoisotopic (exact) mass is 310 g/mol. The second-order valence-corrected chi connectivity index (χ2v) is 8.10. The van der Waals surface area contributed by atoms with Gasteiger partial charge in [-0.1, -0.05) is 6.07 Å². The van der Waals surface area contributed by atoms with Crippen molar-refractivity contribution in [2.24, 2.45) is 23.2 Å². The summed E-state index contributed by atoms with van der Waals surface area (Å²) in [4.78, 5) is 17.5. The number of hydrogen-bond acceptors (Lipinski definition) is 3. The van der Waals surface area contributed by atoms with Crippen molar-refractivity contribution in [1.29, 1.82) is 0 Å². The fraction of sp³-hybridized carbons (Fsp3) is 0.611. The Bertz CT molecular complexity index is 758. The van der Waals surface area contributed by atoms with Crippen LogP contribution in [-0.4, -0.2) is 20.5 Å². The number of fused-ring (bicyclic) bond motifs is 1. The molecule has 4 aliphatic carbocycles. The zero-order chi connectivity index (χ0) is 15.6. The first-order valence-corrected chi connectivity index (χ1v) is 8.74. The fourth-order valence-corrected chi connectivity index (χ4v) is 5.66. The highest BCUT2D eigenvalue weighted by Gasteiger charge is 2.54. The number of nitrogens with zero attached hydrogens (tertiary/aromatic N) is 3. The summed E-state index contributed by atoms with van der Waals surface area (Å²) in [7, 11) is 0. The van der Waals surface area contributed by atoms with E-state index in [0.717, 1.165) is 48.2 Å². The lowest BCUT2D eigenvalue weighted by molar-refractivity contribution is -0.140. The van der Waals surface area contributed by atoms with Gasteiger partial charge >= 0.3 is 0 Å². The van der Waals surface area contributed by atoms with Crippen LogP contribution in [0.5, 0.6) is 0 Å². The number of amides is 1. The van der Waals surface area contributed by atoms with Gasteiger partial charge in [-0.3, -0.25) is 10.1 Å². The van der Waals surface area contributed by atoms with E-state index in [1.807, 2.05) is 25.3 Å². The topological polar surface area (TPSA) is 59.3 Å². The van der Waals surface area contributed by atoms with E-state index in [9.17, 15) is 4.79 Å². The molecule has 120 valence electrons. The molecule has 6 rings (SSSR count). The second kappa shape index (κ2) is 4.56. The lowest BCUT2D eigenvalue weighted by atomic mass is 9.49. The lowest BCUT2D eigenvalue weighted by Crippen LogP contribution is -2.51. The van der Waals surface area contributed by atoms with Crippen LogP contribution < -0.4 is 5.32 Å². The van der Waals surface area contributed by atoms with E-state index in [4.69, 9.17) is 0 Å². The van der Waals surface area contributed by atoms with Gasteiger partial charge in [0.25, 0.3) is 0 Å². The van der Waals surface area contributed by atoms with Gasteiger partial charge in [0.1, 0.15) is 0 Å². The predicted octanol–water partition coefficient (Wildman–Crippen LogP) is 3.19. The largest absolute Gasteiger partial charge is 0.293 e. The van der Waals surface area contributed by atoms with Crippen LogP contribution in [0.1, 0.15) is 44.1 Å². The molecule has 0 radical (unpaired) electrons. The number of pyridine rings is 1. The van der Waals surface area contributed by atoms with Crippen LogP contribution in [0.4, 0.5) is 5.95 Å². The Balaban J connectivity index is 1.42. The SMILES string of the molecule is Cc1ccc2nc(NC(=O)C34CC5CC(CC(C5)C3)C4)nn2c1. The third kappa shape index (κ3) is 2.09. The van der Waals surface area contributed by atoms with Crippen molar-refractivity contribution in [2.75, 3.05) is 5.32 Å². The van der Waals surface area contributed by atoms with E-state index >= 15 is 0 Å². The van der Waals surface area contributed by atoms with Gasteiger partial charge < -0.3 is 0 Å². The van der Waals surface area contributed by atoms with Crippen molar-refractivity contribution in [2.45, 2.75) is 45.4 Å². The van der Waals surface area contributed by atoms with Gasteiger partial charge in [0.15, 0.2) is 5.65 Å². The highest BCUT2D eigenvalue weighted by Crippen LogP contribution is 2.60. The molecule has 2 heterocycles. The van der Waals surface area contributed by atoms with Gasteiger partial charge in [0.05, 0.1) is 5.41 Å². The molecular formula is C18H22N4O. The summed E-state index contributed by atoms with van der Waals surface area (Å²) in [5.41, 5.74) is 1.75. The molecule has 1 amide bonds. The maximum Gasteiger partial charge on any atom is 0.249 e. The van der Waals surface area contributed by atoms with Gasteiger partial charge in [-0.15, -0.1) is 5.10 Å². The molecule has 0 unspecified atom stereocenters. The van der Waals surface area contributed by atoms with Crippen molar-refractivity contribution in [3.05, 3.63) is 23.9 Å². The number of aryl methyl sites for hydroxylation is 1. The van der Waals surface area contributed by atoms with Crippen LogP contribution in [0.2, 0.25) is 0 Å². The number of rotatable bonds is 2. The van der Waals surface area contributed by atoms with Crippen LogP contribution in [0.25, 0.3) is 5.65 Å².